The zero-order chi connectivity index (χ0) is 20.7. The molecule has 0 bridgehead atoms. The van der Waals surface area contributed by atoms with Crippen LogP contribution in [0.4, 0.5) is 5.69 Å². The Morgan fingerprint density at radius 2 is 1.57 bits per heavy atom. The average Bonchev–Trinajstić information content (AvgIpc) is 2.67. The van der Waals surface area contributed by atoms with Crippen LogP contribution in [0.1, 0.15) is 6.42 Å². The van der Waals surface area contributed by atoms with Gasteiger partial charge in [0.15, 0.2) is 11.5 Å². The molecule has 0 saturated heterocycles. The molecule has 0 saturated carbocycles. The molecule has 2 aromatic carbocycles. The van der Waals surface area contributed by atoms with Gasteiger partial charge in [-0.25, -0.2) is 13.1 Å². The van der Waals surface area contributed by atoms with Gasteiger partial charge in [0.1, 0.15) is 0 Å². The predicted octanol–water partition coefficient (Wildman–Crippen LogP) is 2.67. The number of amides is 1. The third kappa shape index (κ3) is 5.51. The lowest BCUT2D eigenvalue weighted by molar-refractivity contribution is -0.116. The van der Waals surface area contributed by atoms with E-state index in [2.05, 4.69) is 10.0 Å². The van der Waals surface area contributed by atoms with Crippen LogP contribution >= 0.6 is 11.6 Å². The van der Waals surface area contributed by atoms with Gasteiger partial charge in [0.2, 0.25) is 21.7 Å². The molecule has 28 heavy (non-hydrogen) atoms. The van der Waals surface area contributed by atoms with E-state index in [4.69, 9.17) is 25.8 Å². The number of hydrogen-bond acceptors (Lipinski definition) is 6. The van der Waals surface area contributed by atoms with Gasteiger partial charge in [-0.1, -0.05) is 11.6 Å². The van der Waals surface area contributed by atoms with Gasteiger partial charge >= 0.3 is 0 Å². The number of rotatable bonds is 9. The van der Waals surface area contributed by atoms with Crippen molar-refractivity contribution in [2.24, 2.45) is 0 Å². The Morgan fingerprint density at radius 3 is 2.07 bits per heavy atom. The standard InChI is InChI=1S/C18H21ClN2O6S/c1-25-15-10-13(11-16(26-2)18(15)27-3)21-17(22)8-9-20-28(23,24)14-6-4-12(19)5-7-14/h4-7,10-11,20H,8-9H2,1-3H3,(H,21,22). The van der Waals surface area contributed by atoms with E-state index in [1.54, 1.807) is 12.1 Å². The van der Waals surface area contributed by atoms with E-state index in [0.717, 1.165) is 0 Å². The zero-order valence-corrected chi connectivity index (χ0v) is 17.2. The van der Waals surface area contributed by atoms with Crippen molar-refractivity contribution in [3.05, 3.63) is 41.4 Å². The van der Waals surface area contributed by atoms with Crippen molar-refractivity contribution >= 4 is 33.2 Å². The summed E-state index contributed by atoms with van der Waals surface area (Å²) < 4.78 is 42.4. The normalized spacial score (nSPS) is 11.0. The minimum Gasteiger partial charge on any atom is -0.493 e. The maximum absolute atomic E-state index is 12.2. The predicted molar refractivity (Wildman–Crippen MR) is 106 cm³/mol. The van der Waals surface area contributed by atoms with Gasteiger partial charge in [0.25, 0.3) is 0 Å². The Morgan fingerprint density at radius 1 is 1.00 bits per heavy atom. The lowest BCUT2D eigenvalue weighted by Crippen LogP contribution is -2.27. The highest BCUT2D eigenvalue weighted by molar-refractivity contribution is 7.89. The van der Waals surface area contributed by atoms with Crippen LogP contribution in [0.5, 0.6) is 17.2 Å². The second-order valence-electron chi connectivity index (χ2n) is 5.56. The van der Waals surface area contributed by atoms with Crippen LogP contribution in [0.3, 0.4) is 0 Å². The number of benzene rings is 2. The quantitative estimate of drug-likeness (QED) is 0.636. The molecule has 2 rings (SSSR count). The van der Waals surface area contributed by atoms with Crippen molar-refractivity contribution in [1.29, 1.82) is 0 Å². The van der Waals surface area contributed by atoms with Crippen LogP contribution < -0.4 is 24.2 Å². The second kappa shape index (κ2) is 9.63. The van der Waals surface area contributed by atoms with Crippen molar-refractivity contribution in [3.8, 4) is 17.2 Å². The Bertz CT molecular complexity index is 907. The summed E-state index contributed by atoms with van der Waals surface area (Å²) in [5.74, 6) is 0.799. The molecule has 0 spiro atoms. The molecule has 0 radical (unpaired) electrons. The number of sulfonamides is 1. The highest BCUT2D eigenvalue weighted by atomic mass is 35.5. The van der Waals surface area contributed by atoms with Crippen molar-refractivity contribution in [3.63, 3.8) is 0 Å². The molecule has 2 aromatic rings. The Kier molecular flexibility index (Phi) is 7.50. The summed E-state index contributed by atoms with van der Waals surface area (Å²) in [6.07, 6.45) is -0.0660. The lowest BCUT2D eigenvalue weighted by Gasteiger charge is -2.14. The number of ether oxygens (including phenoxy) is 3. The Labute approximate surface area is 168 Å². The van der Waals surface area contributed by atoms with E-state index >= 15 is 0 Å². The SMILES string of the molecule is COc1cc(NC(=O)CCNS(=O)(=O)c2ccc(Cl)cc2)cc(OC)c1OC. The first-order valence-corrected chi connectivity index (χ1v) is 10.0. The van der Waals surface area contributed by atoms with Gasteiger partial charge in [-0.2, -0.15) is 0 Å². The highest BCUT2D eigenvalue weighted by Gasteiger charge is 2.16. The summed E-state index contributed by atoms with van der Waals surface area (Å²) in [6, 6.07) is 8.90. The van der Waals surface area contributed by atoms with Crippen molar-refractivity contribution in [1.82, 2.24) is 4.72 Å². The topological polar surface area (TPSA) is 103 Å². The van der Waals surface area contributed by atoms with Crippen LogP contribution in [0.25, 0.3) is 0 Å². The van der Waals surface area contributed by atoms with Crippen LogP contribution in [-0.4, -0.2) is 42.2 Å². The fourth-order valence-corrected chi connectivity index (χ4v) is 3.53. The summed E-state index contributed by atoms with van der Waals surface area (Å²) in [7, 11) is 0.690. The van der Waals surface area contributed by atoms with E-state index in [1.165, 1.54) is 45.6 Å². The summed E-state index contributed by atoms with van der Waals surface area (Å²) in [5, 5.41) is 3.10. The van der Waals surface area contributed by atoms with Gasteiger partial charge in [-0.15, -0.1) is 0 Å². The second-order valence-corrected chi connectivity index (χ2v) is 7.77. The maximum atomic E-state index is 12.2. The molecule has 0 atom stereocenters. The number of anilines is 1. The molecule has 0 unspecified atom stereocenters. The summed E-state index contributed by atoms with van der Waals surface area (Å²) in [4.78, 5) is 12.2. The van der Waals surface area contributed by atoms with Gasteiger partial charge < -0.3 is 19.5 Å². The van der Waals surface area contributed by atoms with E-state index in [9.17, 15) is 13.2 Å². The minimum absolute atomic E-state index is 0.0660. The van der Waals surface area contributed by atoms with Crippen LogP contribution in [0.2, 0.25) is 5.02 Å². The van der Waals surface area contributed by atoms with Crippen LogP contribution in [0.15, 0.2) is 41.3 Å². The molecule has 152 valence electrons. The fourth-order valence-electron chi connectivity index (χ4n) is 2.37. The number of hydrogen-bond donors (Lipinski definition) is 2. The molecular formula is C18H21ClN2O6S. The largest absolute Gasteiger partial charge is 0.493 e. The molecule has 0 aliphatic rings. The molecule has 10 heteroatoms. The van der Waals surface area contributed by atoms with E-state index in [1.807, 2.05) is 0 Å². The third-order valence-corrected chi connectivity index (χ3v) is 5.45. The first kappa shape index (κ1) is 21.8. The van der Waals surface area contributed by atoms with Crippen LogP contribution in [-0.2, 0) is 14.8 Å². The van der Waals surface area contributed by atoms with Crippen molar-refractivity contribution in [2.75, 3.05) is 33.2 Å². The van der Waals surface area contributed by atoms with Gasteiger partial charge in [-0.3, -0.25) is 4.79 Å². The average molecular weight is 429 g/mol. The zero-order valence-electron chi connectivity index (χ0n) is 15.6. The van der Waals surface area contributed by atoms with E-state index < -0.39 is 10.0 Å². The molecule has 8 nitrogen and oxygen atoms in total. The number of carbonyl (C=O) groups is 1. The van der Waals surface area contributed by atoms with E-state index in [-0.39, 0.29) is 23.8 Å². The molecule has 0 aliphatic carbocycles. The maximum Gasteiger partial charge on any atom is 0.240 e. The summed E-state index contributed by atoms with van der Waals surface area (Å²) in [5.41, 5.74) is 0.431. The number of nitrogens with one attached hydrogen (secondary N) is 2. The first-order chi connectivity index (χ1) is 13.3. The lowest BCUT2D eigenvalue weighted by atomic mass is 10.2. The Balaban J connectivity index is 1.98. The molecule has 0 heterocycles. The molecule has 0 aromatic heterocycles. The first-order valence-electron chi connectivity index (χ1n) is 8.15. The number of carbonyl (C=O) groups excluding carboxylic acids is 1. The molecule has 0 aliphatic heterocycles. The van der Waals surface area contributed by atoms with Crippen LogP contribution in [0, 0.1) is 0 Å². The van der Waals surface area contributed by atoms with Crippen molar-refractivity contribution < 1.29 is 27.4 Å². The molecular weight excluding hydrogens is 408 g/mol. The third-order valence-electron chi connectivity index (χ3n) is 3.72. The fraction of sp³-hybridized carbons (Fsp3) is 0.278. The van der Waals surface area contributed by atoms with E-state index in [0.29, 0.717) is 28.0 Å². The van der Waals surface area contributed by atoms with Gasteiger partial charge in [-0.05, 0) is 24.3 Å². The summed E-state index contributed by atoms with van der Waals surface area (Å²) >= 11 is 5.75. The molecule has 2 N–H and O–H groups in total. The molecule has 0 fully saturated rings. The number of halogens is 1. The molecule has 1 amide bonds. The monoisotopic (exact) mass is 428 g/mol. The van der Waals surface area contributed by atoms with Crippen molar-refractivity contribution in [2.45, 2.75) is 11.3 Å². The highest BCUT2D eigenvalue weighted by Crippen LogP contribution is 2.39. The summed E-state index contributed by atoms with van der Waals surface area (Å²) in [6.45, 7) is -0.0682. The van der Waals surface area contributed by atoms with Gasteiger partial charge in [0.05, 0.1) is 26.2 Å². The minimum atomic E-state index is -3.72. The van der Waals surface area contributed by atoms with Gasteiger partial charge in [0, 0.05) is 35.8 Å². The number of methoxy groups -OCH3 is 3. The smallest absolute Gasteiger partial charge is 0.240 e. The Hall–Kier alpha value is -2.49.